The molecule has 7 heteroatoms. The maximum atomic E-state index is 9.88. The first kappa shape index (κ1) is 26.3. The van der Waals surface area contributed by atoms with E-state index in [-0.39, 0.29) is 19.0 Å². The predicted octanol–water partition coefficient (Wildman–Crippen LogP) is 3.14. The van der Waals surface area contributed by atoms with Crippen molar-refractivity contribution in [2.45, 2.75) is 65.6 Å². The second-order valence-corrected chi connectivity index (χ2v) is 9.72. The fourth-order valence-corrected chi connectivity index (χ4v) is 5.54. The van der Waals surface area contributed by atoms with Gasteiger partial charge in [0.1, 0.15) is 0 Å². The largest absolute Gasteiger partial charge is 0.483 e. The van der Waals surface area contributed by atoms with Crippen molar-refractivity contribution in [2.75, 3.05) is 26.2 Å². The van der Waals surface area contributed by atoms with E-state index in [0.29, 0.717) is 0 Å². The molecule has 3 fully saturated rings. The topological polar surface area (TPSA) is 101 Å². The van der Waals surface area contributed by atoms with Crippen molar-refractivity contribution in [3.63, 3.8) is 0 Å². The minimum atomic E-state index is -0.250. The number of aliphatic hydroxyl groups is 1. The molecule has 0 amide bonds. The van der Waals surface area contributed by atoms with Gasteiger partial charge in [0.05, 0.1) is 6.10 Å². The van der Waals surface area contributed by atoms with Crippen LogP contribution in [0.2, 0.25) is 0 Å². The van der Waals surface area contributed by atoms with E-state index in [1.54, 1.807) is 0 Å². The lowest BCUT2D eigenvalue weighted by molar-refractivity contribution is -0.123. The first-order valence-electron chi connectivity index (χ1n) is 11.7. The van der Waals surface area contributed by atoms with E-state index in [9.17, 15) is 5.11 Å². The first-order valence-corrected chi connectivity index (χ1v) is 11.7. The summed E-state index contributed by atoms with van der Waals surface area (Å²) >= 11 is 0. The summed E-state index contributed by atoms with van der Waals surface area (Å²) in [6.45, 7) is 13.5. The van der Waals surface area contributed by atoms with Gasteiger partial charge in [0.25, 0.3) is 12.9 Å². The summed E-state index contributed by atoms with van der Waals surface area (Å²) in [5, 5.41) is 23.7. The van der Waals surface area contributed by atoms with Gasteiger partial charge in [-0.1, -0.05) is 24.6 Å². The van der Waals surface area contributed by atoms with Crippen molar-refractivity contribution in [3.8, 4) is 0 Å². The quantitative estimate of drug-likeness (QED) is 0.608. The second-order valence-electron chi connectivity index (χ2n) is 9.72. The Morgan fingerprint density at radius 2 is 1.34 bits per heavy atom. The van der Waals surface area contributed by atoms with Gasteiger partial charge in [-0.2, -0.15) is 0 Å². The van der Waals surface area contributed by atoms with Crippen LogP contribution in [0.4, 0.5) is 0 Å². The van der Waals surface area contributed by atoms with Crippen LogP contribution in [0.15, 0.2) is 12.1 Å². The van der Waals surface area contributed by atoms with Crippen LogP contribution >= 0.6 is 0 Å². The Balaban J connectivity index is 0.000000547. The van der Waals surface area contributed by atoms with Crippen LogP contribution in [0.3, 0.4) is 0 Å². The summed E-state index contributed by atoms with van der Waals surface area (Å²) in [6, 6.07) is 4.81. The van der Waals surface area contributed by atoms with Gasteiger partial charge in [-0.15, -0.1) is 0 Å². The summed E-state index contributed by atoms with van der Waals surface area (Å²) in [6.07, 6.45) is 4.70. The molecule has 7 nitrogen and oxygen atoms in total. The van der Waals surface area contributed by atoms with Crippen LogP contribution in [0, 0.1) is 31.6 Å². The number of nitrogens with zero attached hydrogens (tertiary/aromatic N) is 2. The van der Waals surface area contributed by atoms with Gasteiger partial charge in [-0.3, -0.25) is 19.4 Å². The number of piperidine rings is 1. The van der Waals surface area contributed by atoms with E-state index in [2.05, 4.69) is 42.7 Å². The Morgan fingerprint density at radius 3 is 1.81 bits per heavy atom. The Morgan fingerprint density at radius 1 is 0.906 bits per heavy atom. The van der Waals surface area contributed by atoms with Gasteiger partial charge in [0.15, 0.2) is 0 Å². The highest BCUT2D eigenvalue weighted by atomic mass is 16.3. The molecule has 0 radical (unpaired) electrons. The molecule has 1 unspecified atom stereocenters. The van der Waals surface area contributed by atoms with E-state index >= 15 is 0 Å². The Bertz CT molecular complexity index is 713. The van der Waals surface area contributed by atoms with Crippen LogP contribution in [0.5, 0.6) is 0 Å². The van der Waals surface area contributed by atoms with Crippen molar-refractivity contribution in [1.29, 1.82) is 0 Å². The third-order valence-corrected chi connectivity index (χ3v) is 7.23. The van der Waals surface area contributed by atoms with E-state index in [0.717, 1.165) is 43.7 Å². The standard InChI is InChI=1S/C23H36N2O.2CH2O2/c1-16-4-6-24(7-5-16)12-19-8-17(2)9-20(18(19)3)13-25-14-21-10-23(26)11-22(21)15-25;2*2-1-3/h8-9,16,21-23,26H,4-7,10-15H2,1-3H3;2*1H,(H,2,3)/t21-,22+,23?;;. The molecule has 2 aliphatic heterocycles. The molecule has 1 aromatic carbocycles. The Hall–Kier alpha value is -1.96. The SMILES string of the molecule is Cc1cc(CN2CCC(C)CC2)c(C)c(CN2C[C@H]3CC(O)C[C@H]3C2)c1.O=CO.O=CO. The van der Waals surface area contributed by atoms with Crippen molar-refractivity contribution < 1.29 is 24.9 Å². The highest BCUT2D eigenvalue weighted by Crippen LogP contribution is 2.38. The lowest BCUT2D eigenvalue weighted by atomic mass is 9.95. The van der Waals surface area contributed by atoms with E-state index in [4.69, 9.17) is 19.8 Å². The minimum Gasteiger partial charge on any atom is -0.483 e. The average Bonchev–Trinajstić information content (AvgIpc) is 3.25. The molecule has 3 atom stereocenters. The highest BCUT2D eigenvalue weighted by Gasteiger charge is 2.40. The van der Waals surface area contributed by atoms with Gasteiger partial charge in [0, 0.05) is 26.2 Å². The molecular formula is C25H40N2O5. The third-order valence-electron chi connectivity index (χ3n) is 7.23. The molecule has 0 bridgehead atoms. The van der Waals surface area contributed by atoms with Gasteiger partial charge in [-0.05, 0) is 87.1 Å². The Labute approximate surface area is 192 Å². The number of hydrogen-bond acceptors (Lipinski definition) is 5. The van der Waals surface area contributed by atoms with Crippen molar-refractivity contribution in [3.05, 3.63) is 34.4 Å². The molecule has 2 saturated heterocycles. The number of carboxylic acid groups (broad SMARTS) is 2. The highest BCUT2D eigenvalue weighted by molar-refractivity contribution is 5.38. The van der Waals surface area contributed by atoms with Gasteiger partial charge >= 0.3 is 0 Å². The normalized spacial score (nSPS) is 25.8. The summed E-state index contributed by atoms with van der Waals surface area (Å²) in [5.74, 6) is 2.35. The van der Waals surface area contributed by atoms with Gasteiger partial charge in [-0.25, -0.2) is 0 Å². The smallest absolute Gasteiger partial charge is 0.290 e. The van der Waals surface area contributed by atoms with Crippen molar-refractivity contribution in [2.24, 2.45) is 17.8 Å². The van der Waals surface area contributed by atoms with E-state index in [1.165, 1.54) is 61.3 Å². The van der Waals surface area contributed by atoms with E-state index < -0.39 is 0 Å². The van der Waals surface area contributed by atoms with Gasteiger partial charge < -0.3 is 15.3 Å². The molecule has 3 aliphatic rings. The summed E-state index contributed by atoms with van der Waals surface area (Å²) in [7, 11) is 0. The molecule has 2 heterocycles. The monoisotopic (exact) mass is 448 g/mol. The van der Waals surface area contributed by atoms with Crippen LogP contribution in [0.1, 0.15) is 54.9 Å². The summed E-state index contributed by atoms with van der Waals surface area (Å²) < 4.78 is 0. The molecule has 0 aromatic heterocycles. The molecular weight excluding hydrogens is 408 g/mol. The fraction of sp³-hybridized carbons (Fsp3) is 0.680. The lowest BCUT2D eigenvalue weighted by Gasteiger charge is -2.31. The fourth-order valence-electron chi connectivity index (χ4n) is 5.54. The average molecular weight is 449 g/mol. The molecule has 1 saturated carbocycles. The first-order chi connectivity index (χ1) is 15.3. The predicted molar refractivity (Wildman–Crippen MR) is 124 cm³/mol. The maximum absolute atomic E-state index is 9.88. The number of aryl methyl sites for hydroxylation is 1. The number of aliphatic hydroxyl groups excluding tert-OH is 1. The molecule has 180 valence electrons. The number of benzene rings is 1. The zero-order valence-electron chi connectivity index (χ0n) is 19.7. The summed E-state index contributed by atoms with van der Waals surface area (Å²) in [5.41, 5.74) is 5.96. The molecule has 1 aliphatic carbocycles. The molecule has 1 aromatic rings. The third kappa shape index (κ3) is 7.57. The van der Waals surface area contributed by atoms with Crippen LogP contribution < -0.4 is 0 Å². The molecule has 32 heavy (non-hydrogen) atoms. The molecule has 4 rings (SSSR count). The minimum absolute atomic E-state index is 0.0354. The zero-order valence-corrected chi connectivity index (χ0v) is 19.7. The van der Waals surface area contributed by atoms with E-state index in [1.807, 2.05) is 0 Å². The molecule has 3 N–H and O–H groups in total. The number of carbonyl (C=O) groups is 2. The molecule has 0 spiro atoms. The summed E-state index contributed by atoms with van der Waals surface area (Å²) in [4.78, 5) is 22.0. The Kier molecular flexibility index (Phi) is 10.6. The van der Waals surface area contributed by atoms with Gasteiger partial charge in [0.2, 0.25) is 0 Å². The van der Waals surface area contributed by atoms with Crippen LogP contribution in [-0.4, -0.2) is 70.3 Å². The number of hydrogen-bond donors (Lipinski definition) is 3. The van der Waals surface area contributed by atoms with Crippen molar-refractivity contribution in [1.82, 2.24) is 9.80 Å². The number of fused-ring (bicyclic) bond motifs is 1. The number of likely N-dealkylation sites (tertiary alicyclic amines) is 2. The van der Waals surface area contributed by atoms with Crippen LogP contribution in [-0.2, 0) is 22.7 Å². The zero-order chi connectivity index (χ0) is 23.7. The van der Waals surface area contributed by atoms with Crippen LogP contribution in [0.25, 0.3) is 0 Å². The second kappa shape index (κ2) is 12.9. The lowest BCUT2D eigenvalue weighted by Crippen LogP contribution is -2.32. The van der Waals surface area contributed by atoms with Crippen molar-refractivity contribution >= 4 is 12.9 Å². The maximum Gasteiger partial charge on any atom is 0.290 e. The number of rotatable bonds is 4.